The molecule has 2 rings (SSSR count). The van der Waals surface area contributed by atoms with Crippen molar-refractivity contribution < 1.29 is 0 Å². The van der Waals surface area contributed by atoms with Crippen LogP contribution in [0.1, 0.15) is 26.2 Å². The molecule has 0 aliphatic carbocycles. The highest BCUT2D eigenvalue weighted by atomic mass is 15.2. The van der Waals surface area contributed by atoms with Crippen molar-refractivity contribution in [2.45, 2.75) is 32.2 Å². The minimum Gasteiger partial charge on any atom is -0.384 e. The Balaban J connectivity index is 2.20. The van der Waals surface area contributed by atoms with E-state index >= 15 is 0 Å². The van der Waals surface area contributed by atoms with Crippen LogP contribution in [0.4, 0.5) is 11.5 Å². The van der Waals surface area contributed by atoms with Crippen LogP contribution in [0.3, 0.4) is 0 Å². The molecular formula is C11H17N3. The van der Waals surface area contributed by atoms with Crippen molar-refractivity contribution in [3.63, 3.8) is 0 Å². The van der Waals surface area contributed by atoms with Gasteiger partial charge in [0.15, 0.2) is 0 Å². The van der Waals surface area contributed by atoms with Gasteiger partial charge in [-0.25, -0.2) is 4.98 Å². The van der Waals surface area contributed by atoms with Gasteiger partial charge in [0.25, 0.3) is 0 Å². The quantitative estimate of drug-likeness (QED) is 0.738. The molecule has 1 aliphatic heterocycles. The fourth-order valence-electron chi connectivity index (χ4n) is 2.10. The number of nitrogens with two attached hydrogens (primary N) is 1. The summed E-state index contributed by atoms with van der Waals surface area (Å²) in [7, 11) is 0. The Morgan fingerprint density at radius 1 is 1.50 bits per heavy atom. The highest BCUT2D eigenvalue weighted by Gasteiger charge is 2.18. The van der Waals surface area contributed by atoms with Crippen LogP contribution in [0.25, 0.3) is 0 Å². The van der Waals surface area contributed by atoms with E-state index in [2.05, 4.69) is 16.8 Å². The first-order valence-corrected chi connectivity index (χ1v) is 5.25. The number of rotatable bonds is 1. The summed E-state index contributed by atoms with van der Waals surface area (Å²) in [6.45, 7) is 3.42. The predicted octanol–water partition coefficient (Wildman–Crippen LogP) is 2.04. The maximum absolute atomic E-state index is 5.67. The Morgan fingerprint density at radius 2 is 2.36 bits per heavy atom. The monoisotopic (exact) mass is 191 g/mol. The molecule has 0 radical (unpaired) electrons. The van der Waals surface area contributed by atoms with E-state index in [-0.39, 0.29) is 0 Å². The van der Waals surface area contributed by atoms with Gasteiger partial charge in [-0.2, -0.15) is 0 Å². The van der Waals surface area contributed by atoms with Gasteiger partial charge >= 0.3 is 0 Å². The zero-order valence-electron chi connectivity index (χ0n) is 8.61. The molecule has 3 nitrogen and oxygen atoms in total. The van der Waals surface area contributed by atoms with Crippen LogP contribution in [-0.2, 0) is 0 Å². The van der Waals surface area contributed by atoms with Gasteiger partial charge in [0, 0.05) is 30.5 Å². The fourth-order valence-corrected chi connectivity index (χ4v) is 2.10. The molecule has 1 atom stereocenters. The van der Waals surface area contributed by atoms with E-state index < -0.39 is 0 Å². The Labute approximate surface area is 84.9 Å². The average molecular weight is 191 g/mol. The second kappa shape index (κ2) is 3.86. The summed E-state index contributed by atoms with van der Waals surface area (Å²) in [4.78, 5) is 6.43. The molecule has 2 heterocycles. The van der Waals surface area contributed by atoms with E-state index in [0.29, 0.717) is 11.9 Å². The van der Waals surface area contributed by atoms with E-state index in [1.165, 1.54) is 24.9 Å². The van der Waals surface area contributed by atoms with Gasteiger partial charge < -0.3 is 10.6 Å². The van der Waals surface area contributed by atoms with Crippen LogP contribution in [0.15, 0.2) is 18.3 Å². The second-order valence-corrected chi connectivity index (χ2v) is 3.98. The van der Waals surface area contributed by atoms with Gasteiger partial charge in [0.1, 0.15) is 5.82 Å². The lowest BCUT2D eigenvalue weighted by atomic mass is 10.0. The molecule has 76 valence electrons. The largest absolute Gasteiger partial charge is 0.384 e. The molecule has 3 heteroatoms. The minimum atomic E-state index is 0.611. The summed E-state index contributed by atoms with van der Waals surface area (Å²) in [6.07, 6.45) is 5.69. The minimum absolute atomic E-state index is 0.611. The Bertz CT molecular complexity index is 311. The van der Waals surface area contributed by atoms with Crippen molar-refractivity contribution >= 4 is 11.5 Å². The van der Waals surface area contributed by atoms with Crippen LogP contribution in [0.2, 0.25) is 0 Å². The van der Waals surface area contributed by atoms with Crippen molar-refractivity contribution in [1.29, 1.82) is 0 Å². The van der Waals surface area contributed by atoms with Crippen molar-refractivity contribution in [3.05, 3.63) is 18.3 Å². The standard InChI is InChI=1S/C11H17N3/c1-9-4-2-3-7-14(9)10-5-6-13-11(12)8-10/h5-6,8-9H,2-4,7H2,1H3,(H2,12,13). The van der Waals surface area contributed by atoms with Gasteiger partial charge in [-0.15, -0.1) is 0 Å². The molecule has 14 heavy (non-hydrogen) atoms. The maximum Gasteiger partial charge on any atom is 0.125 e. The van der Waals surface area contributed by atoms with Gasteiger partial charge in [-0.1, -0.05) is 0 Å². The molecule has 0 spiro atoms. The number of piperidine rings is 1. The van der Waals surface area contributed by atoms with Crippen molar-refractivity contribution in [2.75, 3.05) is 17.2 Å². The van der Waals surface area contributed by atoms with E-state index in [1.54, 1.807) is 6.20 Å². The van der Waals surface area contributed by atoms with E-state index in [4.69, 9.17) is 5.73 Å². The first kappa shape index (κ1) is 9.31. The number of aromatic nitrogens is 1. The first-order chi connectivity index (χ1) is 6.77. The van der Waals surface area contributed by atoms with Crippen LogP contribution < -0.4 is 10.6 Å². The van der Waals surface area contributed by atoms with Crippen molar-refractivity contribution in [1.82, 2.24) is 4.98 Å². The molecule has 0 bridgehead atoms. The summed E-state index contributed by atoms with van der Waals surface area (Å²) in [6, 6.07) is 4.63. The predicted molar refractivity (Wildman–Crippen MR) is 59.3 cm³/mol. The molecule has 1 aromatic rings. The highest BCUT2D eigenvalue weighted by Crippen LogP contribution is 2.24. The summed E-state index contributed by atoms with van der Waals surface area (Å²) in [5.74, 6) is 0.611. The maximum atomic E-state index is 5.67. The van der Waals surface area contributed by atoms with Crippen LogP contribution >= 0.6 is 0 Å². The second-order valence-electron chi connectivity index (χ2n) is 3.98. The smallest absolute Gasteiger partial charge is 0.125 e. The molecule has 0 saturated carbocycles. The van der Waals surface area contributed by atoms with Crippen LogP contribution in [0, 0.1) is 0 Å². The lowest BCUT2D eigenvalue weighted by Crippen LogP contribution is -2.37. The zero-order valence-corrected chi connectivity index (χ0v) is 8.61. The average Bonchev–Trinajstić information content (AvgIpc) is 2.18. The first-order valence-electron chi connectivity index (χ1n) is 5.25. The number of hydrogen-bond acceptors (Lipinski definition) is 3. The molecule has 0 aromatic carbocycles. The van der Waals surface area contributed by atoms with Crippen LogP contribution in [0.5, 0.6) is 0 Å². The number of nitrogen functional groups attached to an aromatic ring is 1. The third-order valence-electron chi connectivity index (χ3n) is 2.90. The third-order valence-corrected chi connectivity index (χ3v) is 2.90. The number of anilines is 2. The summed E-state index contributed by atoms with van der Waals surface area (Å²) in [5.41, 5.74) is 6.89. The topological polar surface area (TPSA) is 42.2 Å². The van der Waals surface area contributed by atoms with E-state index in [1.807, 2.05) is 12.1 Å². The van der Waals surface area contributed by atoms with Crippen LogP contribution in [-0.4, -0.2) is 17.6 Å². The molecule has 2 N–H and O–H groups in total. The number of nitrogens with zero attached hydrogens (tertiary/aromatic N) is 2. The molecule has 0 amide bonds. The van der Waals surface area contributed by atoms with Crippen molar-refractivity contribution in [2.24, 2.45) is 0 Å². The lowest BCUT2D eigenvalue weighted by molar-refractivity contribution is 0.485. The normalized spacial score (nSPS) is 22.4. The molecule has 1 fully saturated rings. The van der Waals surface area contributed by atoms with Gasteiger partial charge in [-0.05, 0) is 32.3 Å². The number of pyridine rings is 1. The van der Waals surface area contributed by atoms with Crippen molar-refractivity contribution in [3.8, 4) is 0 Å². The summed E-state index contributed by atoms with van der Waals surface area (Å²) >= 11 is 0. The van der Waals surface area contributed by atoms with Gasteiger partial charge in [-0.3, -0.25) is 0 Å². The Morgan fingerprint density at radius 3 is 3.07 bits per heavy atom. The molecule has 1 saturated heterocycles. The van der Waals surface area contributed by atoms with E-state index in [9.17, 15) is 0 Å². The molecule has 1 unspecified atom stereocenters. The Hall–Kier alpha value is -1.25. The molecular weight excluding hydrogens is 174 g/mol. The SMILES string of the molecule is CC1CCCCN1c1ccnc(N)c1. The zero-order chi connectivity index (χ0) is 9.97. The van der Waals surface area contributed by atoms with Gasteiger partial charge in [0.2, 0.25) is 0 Å². The van der Waals surface area contributed by atoms with Gasteiger partial charge in [0.05, 0.1) is 0 Å². The fraction of sp³-hybridized carbons (Fsp3) is 0.545. The molecule has 1 aromatic heterocycles. The summed E-state index contributed by atoms with van der Waals surface area (Å²) in [5, 5.41) is 0. The number of hydrogen-bond donors (Lipinski definition) is 1. The summed E-state index contributed by atoms with van der Waals surface area (Å²) < 4.78 is 0. The van der Waals surface area contributed by atoms with E-state index in [0.717, 1.165) is 6.54 Å². The lowest BCUT2D eigenvalue weighted by Gasteiger charge is -2.35. The third kappa shape index (κ3) is 1.81. The Kier molecular flexibility index (Phi) is 2.57. The highest BCUT2D eigenvalue weighted by molar-refractivity contribution is 5.52. The molecule has 1 aliphatic rings.